The lowest BCUT2D eigenvalue weighted by Crippen LogP contribution is -2.38. The van der Waals surface area contributed by atoms with Gasteiger partial charge in [0.15, 0.2) is 16.3 Å². The number of carbonyl (C=O) groups excluding carboxylic acids is 1. The molecule has 30 heavy (non-hydrogen) atoms. The van der Waals surface area contributed by atoms with Crippen molar-refractivity contribution in [3.63, 3.8) is 0 Å². The van der Waals surface area contributed by atoms with E-state index in [0.29, 0.717) is 10.9 Å². The molecule has 3 aromatic rings. The Balaban J connectivity index is 1.96. The number of hydrogen-bond acceptors (Lipinski definition) is 7. The second kappa shape index (κ2) is 8.76. The number of aliphatic hydroxyl groups excluding tert-OH is 1. The smallest absolute Gasteiger partial charge is 0.332 e. The lowest BCUT2D eigenvalue weighted by Gasteiger charge is -2.16. The summed E-state index contributed by atoms with van der Waals surface area (Å²) in [5, 5.41) is 10.9. The van der Waals surface area contributed by atoms with Gasteiger partial charge in [0.05, 0.1) is 12.3 Å². The minimum absolute atomic E-state index is 0.0169. The molecular weight excluding hydrogens is 410 g/mol. The number of aryl methyl sites for hydroxylation is 2. The summed E-state index contributed by atoms with van der Waals surface area (Å²) in [4.78, 5) is 40.6. The van der Waals surface area contributed by atoms with Gasteiger partial charge in [-0.05, 0) is 18.6 Å². The van der Waals surface area contributed by atoms with Gasteiger partial charge >= 0.3 is 5.69 Å². The first-order chi connectivity index (χ1) is 14.2. The Morgan fingerprint density at radius 2 is 1.97 bits per heavy atom. The topological polar surface area (TPSA) is 134 Å². The van der Waals surface area contributed by atoms with E-state index < -0.39 is 23.3 Å². The number of para-hydroxylation sites is 1. The molecule has 0 aliphatic rings. The molecule has 0 aliphatic heterocycles. The summed E-state index contributed by atoms with van der Waals surface area (Å²) in [5.74, 6) is 0.0328. The van der Waals surface area contributed by atoms with E-state index in [-0.39, 0.29) is 30.1 Å². The van der Waals surface area contributed by atoms with Gasteiger partial charge in [-0.3, -0.25) is 18.7 Å². The Morgan fingerprint density at radius 1 is 1.27 bits per heavy atom. The minimum Gasteiger partial charge on any atom is -0.491 e. The van der Waals surface area contributed by atoms with Gasteiger partial charge < -0.3 is 20.1 Å². The molecule has 3 N–H and O–H groups in total. The number of amides is 1. The molecule has 0 saturated carbocycles. The van der Waals surface area contributed by atoms with Crippen molar-refractivity contribution in [2.45, 2.75) is 24.7 Å². The molecule has 0 fully saturated rings. The lowest BCUT2D eigenvalue weighted by atomic mass is 10.2. The molecule has 0 saturated heterocycles. The minimum atomic E-state index is -0.975. The second-order valence-electron chi connectivity index (χ2n) is 6.87. The number of aromatic nitrogens is 4. The fraction of sp³-hybridized carbons (Fsp3) is 0.368. The van der Waals surface area contributed by atoms with Gasteiger partial charge in [-0.2, -0.15) is 0 Å². The number of carbonyl (C=O) groups is 1. The summed E-state index contributed by atoms with van der Waals surface area (Å²) in [7, 11) is 2.87. The quantitative estimate of drug-likeness (QED) is 0.468. The Hall–Kier alpha value is -3.05. The number of primary amides is 1. The number of thioether (sulfide) groups is 1. The predicted molar refractivity (Wildman–Crippen MR) is 113 cm³/mol. The van der Waals surface area contributed by atoms with Crippen LogP contribution in [0.2, 0.25) is 0 Å². The molecule has 1 unspecified atom stereocenters. The number of benzene rings is 1. The van der Waals surface area contributed by atoms with Gasteiger partial charge in [-0.15, -0.1) is 0 Å². The van der Waals surface area contributed by atoms with Crippen LogP contribution in [0, 0.1) is 6.92 Å². The van der Waals surface area contributed by atoms with E-state index in [1.54, 1.807) is 6.07 Å². The first kappa shape index (κ1) is 21.7. The van der Waals surface area contributed by atoms with E-state index in [2.05, 4.69) is 4.98 Å². The van der Waals surface area contributed by atoms with Gasteiger partial charge in [-0.1, -0.05) is 30.0 Å². The molecule has 2 heterocycles. The van der Waals surface area contributed by atoms with Crippen LogP contribution in [0.3, 0.4) is 0 Å². The number of aliphatic hydroxyl groups is 1. The van der Waals surface area contributed by atoms with E-state index in [4.69, 9.17) is 10.5 Å². The summed E-state index contributed by atoms with van der Waals surface area (Å²) < 4.78 is 9.41. The number of hydrogen-bond donors (Lipinski definition) is 2. The van der Waals surface area contributed by atoms with Gasteiger partial charge in [0.25, 0.3) is 5.56 Å². The predicted octanol–water partition coefficient (Wildman–Crippen LogP) is -0.241. The molecular formula is C19H23N5O5S. The van der Waals surface area contributed by atoms with Crippen LogP contribution in [0.25, 0.3) is 11.2 Å². The fourth-order valence-corrected chi connectivity index (χ4v) is 3.75. The Kier molecular flexibility index (Phi) is 6.32. The van der Waals surface area contributed by atoms with E-state index in [9.17, 15) is 19.5 Å². The third-order valence-corrected chi connectivity index (χ3v) is 5.57. The Morgan fingerprint density at radius 3 is 2.63 bits per heavy atom. The summed E-state index contributed by atoms with van der Waals surface area (Å²) in [6.45, 7) is 1.86. The van der Waals surface area contributed by atoms with Crippen molar-refractivity contribution in [1.82, 2.24) is 18.7 Å². The molecule has 1 aromatic carbocycles. The van der Waals surface area contributed by atoms with E-state index >= 15 is 0 Å². The van der Waals surface area contributed by atoms with Crippen molar-refractivity contribution >= 4 is 28.8 Å². The zero-order valence-electron chi connectivity index (χ0n) is 16.9. The van der Waals surface area contributed by atoms with Crippen molar-refractivity contribution in [2.75, 3.05) is 12.4 Å². The maximum Gasteiger partial charge on any atom is 0.332 e. The van der Waals surface area contributed by atoms with Gasteiger partial charge in [-0.25, -0.2) is 9.78 Å². The summed E-state index contributed by atoms with van der Waals surface area (Å²) in [6, 6.07) is 7.42. The molecule has 2 aromatic heterocycles. The van der Waals surface area contributed by atoms with Gasteiger partial charge in [0, 0.05) is 14.1 Å². The van der Waals surface area contributed by atoms with Crippen LogP contribution in [-0.4, -0.2) is 48.2 Å². The molecule has 0 aliphatic carbocycles. The van der Waals surface area contributed by atoms with Crippen LogP contribution in [0.5, 0.6) is 5.75 Å². The summed E-state index contributed by atoms with van der Waals surface area (Å²) in [5.41, 5.74) is 5.42. The van der Waals surface area contributed by atoms with Crippen LogP contribution in [0.1, 0.15) is 5.56 Å². The molecule has 1 atom stereocenters. The fourth-order valence-electron chi connectivity index (χ4n) is 3.01. The number of fused-ring (bicyclic) bond motifs is 1. The van der Waals surface area contributed by atoms with Crippen LogP contribution >= 0.6 is 11.8 Å². The van der Waals surface area contributed by atoms with Gasteiger partial charge in [0.2, 0.25) is 5.91 Å². The van der Waals surface area contributed by atoms with Crippen LogP contribution in [-0.2, 0) is 25.4 Å². The maximum atomic E-state index is 12.8. The SMILES string of the molecule is Cc1ccccc1OCC(O)Cn1c(SCC(N)=O)nc2c1c(=O)n(C)c(=O)n2C. The number of rotatable bonds is 8. The lowest BCUT2D eigenvalue weighted by molar-refractivity contribution is -0.115. The van der Waals surface area contributed by atoms with Crippen molar-refractivity contribution in [1.29, 1.82) is 0 Å². The van der Waals surface area contributed by atoms with Crippen LogP contribution in [0.15, 0.2) is 39.0 Å². The zero-order chi connectivity index (χ0) is 22.0. The highest BCUT2D eigenvalue weighted by Gasteiger charge is 2.22. The Labute approximate surface area is 175 Å². The van der Waals surface area contributed by atoms with Crippen molar-refractivity contribution in [3.05, 3.63) is 50.7 Å². The average molecular weight is 433 g/mol. The van der Waals surface area contributed by atoms with E-state index in [1.807, 2.05) is 25.1 Å². The normalized spacial score (nSPS) is 12.3. The number of nitrogens with zero attached hydrogens (tertiary/aromatic N) is 4. The molecule has 0 bridgehead atoms. The van der Waals surface area contributed by atoms with Crippen molar-refractivity contribution in [2.24, 2.45) is 19.8 Å². The van der Waals surface area contributed by atoms with Gasteiger partial charge in [0.1, 0.15) is 18.5 Å². The molecule has 3 rings (SSSR count). The average Bonchev–Trinajstić information content (AvgIpc) is 3.06. The number of nitrogens with two attached hydrogens (primary N) is 1. The third-order valence-electron chi connectivity index (χ3n) is 4.57. The molecule has 160 valence electrons. The molecule has 11 heteroatoms. The van der Waals surface area contributed by atoms with Crippen molar-refractivity contribution in [3.8, 4) is 5.75 Å². The van der Waals surface area contributed by atoms with E-state index in [1.165, 1.54) is 23.2 Å². The largest absolute Gasteiger partial charge is 0.491 e. The monoisotopic (exact) mass is 433 g/mol. The first-order valence-electron chi connectivity index (χ1n) is 9.14. The summed E-state index contributed by atoms with van der Waals surface area (Å²) >= 11 is 1.03. The highest BCUT2D eigenvalue weighted by atomic mass is 32.2. The summed E-state index contributed by atoms with van der Waals surface area (Å²) in [6.07, 6.45) is -0.975. The zero-order valence-corrected chi connectivity index (χ0v) is 17.7. The Bertz CT molecular complexity index is 1210. The van der Waals surface area contributed by atoms with Crippen LogP contribution < -0.4 is 21.7 Å². The number of ether oxygens (including phenoxy) is 1. The molecule has 0 radical (unpaired) electrons. The highest BCUT2D eigenvalue weighted by Crippen LogP contribution is 2.22. The first-order valence-corrected chi connectivity index (χ1v) is 10.1. The second-order valence-corrected chi connectivity index (χ2v) is 7.81. The third kappa shape index (κ3) is 4.26. The standard InChI is InChI=1S/C19H23N5O5S/c1-11-6-4-5-7-13(11)29-9-12(25)8-24-15-16(21-18(24)30-10-14(20)26)22(2)19(28)23(3)17(15)27/h4-7,12,25H,8-10H2,1-3H3,(H2,20,26). The maximum absolute atomic E-state index is 12.8. The highest BCUT2D eigenvalue weighted by molar-refractivity contribution is 7.99. The molecule has 10 nitrogen and oxygen atoms in total. The van der Waals surface area contributed by atoms with E-state index in [0.717, 1.165) is 21.9 Å². The molecule has 1 amide bonds. The van der Waals surface area contributed by atoms with Crippen molar-refractivity contribution < 1.29 is 14.6 Å². The number of imidazole rings is 1. The van der Waals surface area contributed by atoms with Crippen LogP contribution in [0.4, 0.5) is 0 Å². The molecule has 0 spiro atoms.